The summed E-state index contributed by atoms with van der Waals surface area (Å²) in [6, 6.07) is 10.3. The highest BCUT2D eigenvalue weighted by Crippen LogP contribution is 2.39. The summed E-state index contributed by atoms with van der Waals surface area (Å²) >= 11 is 0. The molecule has 1 aromatic rings. The van der Waals surface area contributed by atoms with Crippen LogP contribution in [0.1, 0.15) is 311 Å². The van der Waals surface area contributed by atoms with E-state index in [0.717, 1.165) is 226 Å². The van der Waals surface area contributed by atoms with E-state index < -0.39 is 35.5 Å². The number of carbonyl (C=O) groups excluding carboxylic acids is 2. The number of hydrogen-bond acceptors (Lipinski definition) is 11. The van der Waals surface area contributed by atoms with E-state index in [9.17, 15) is 29.4 Å². The molecule has 0 radical (unpaired) electrons. The van der Waals surface area contributed by atoms with Crippen molar-refractivity contribution in [2.45, 2.75) is 323 Å². The fourth-order valence-corrected chi connectivity index (χ4v) is 12.2. The van der Waals surface area contributed by atoms with Gasteiger partial charge in [-0.2, -0.15) is 0 Å². The summed E-state index contributed by atoms with van der Waals surface area (Å²) in [5.74, 6) is -0.820. The number of carboxylic acid groups (broad SMARTS) is 2. The zero-order valence-electron chi connectivity index (χ0n) is 55.4. The van der Waals surface area contributed by atoms with Crippen molar-refractivity contribution in [2.24, 2.45) is 11.8 Å². The number of ether oxygens (including phenoxy) is 5. The summed E-state index contributed by atoms with van der Waals surface area (Å²) in [5.41, 5.74) is -0.300. The second-order valence-electron chi connectivity index (χ2n) is 24.9. The highest BCUT2D eigenvalue weighted by Gasteiger charge is 2.38. The van der Waals surface area contributed by atoms with Gasteiger partial charge in [-0.05, 0) is 146 Å². The molecule has 0 saturated heterocycles. The summed E-state index contributed by atoms with van der Waals surface area (Å²) in [4.78, 5) is 56.2. The standard InChI is InChI=1S/C71H130N2O11/c1-8-15-21-30-48-70(50-38-46-66(74)75,60-63(40-24-17-10-3)41-25-18-11-4)83-68(78)81-58-36-33-53-73(56-55-72(14-7)52-32-35-57-80-62-65-44-28-23-29-45-65)54-34-37-59-82-69(79)84-71(49-31-22-16-9-2,51-39-47-67(76)77)61-64(42-26-19-12-5)43-27-20-13-6/h23,28-29,44-45,63-64H,8-22,24-27,30-43,46-62H2,1-7H3,(H,74,75)(H,76,77). The maximum Gasteiger partial charge on any atom is 0.508 e. The van der Waals surface area contributed by atoms with Gasteiger partial charge in [0.05, 0.1) is 19.8 Å². The average Bonchev–Trinajstić information content (AvgIpc) is 3.66. The van der Waals surface area contributed by atoms with Gasteiger partial charge in [0.2, 0.25) is 0 Å². The third-order valence-corrected chi connectivity index (χ3v) is 17.3. The van der Waals surface area contributed by atoms with Crippen LogP contribution in [0.15, 0.2) is 30.3 Å². The monoisotopic (exact) mass is 1190 g/mol. The van der Waals surface area contributed by atoms with Crippen LogP contribution in [0, 0.1) is 11.8 Å². The maximum absolute atomic E-state index is 13.8. The van der Waals surface area contributed by atoms with Crippen LogP contribution in [0.25, 0.3) is 0 Å². The molecule has 1 aromatic carbocycles. The van der Waals surface area contributed by atoms with Crippen molar-refractivity contribution in [3.05, 3.63) is 35.9 Å². The first-order valence-electron chi connectivity index (χ1n) is 35.0. The molecule has 0 spiro atoms. The lowest BCUT2D eigenvalue weighted by Crippen LogP contribution is -2.38. The second-order valence-corrected chi connectivity index (χ2v) is 24.9. The molecule has 0 aliphatic heterocycles. The fraction of sp³-hybridized carbons (Fsp3) is 0.859. The molecule has 0 saturated carbocycles. The predicted octanol–water partition coefficient (Wildman–Crippen LogP) is 19.7. The van der Waals surface area contributed by atoms with Crippen molar-refractivity contribution in [3.63, 3.8) is 0 Å². The highest BCUT2D eigenvalue weighted by molar-refractivity contribution is 5.67. The van der Waals surface area contributed by atoms with Crippen molar-refractivity contribution in [1.29, 1.82) is 0 Å². The Labute approximate surface area is 514 Å². The van der Waals surface area contributed by atoms with E-state index in [2.05, 4.69) is 70.4 Å². The number of hydrogen-bond donors (Lipinski definition) is 2. The Hall–Kier alpha value is -3.42. The number of benzene rings is 1. The minimum absolute atomic E-state index is 0.0537. The van der Waals surface area contributed by atoms with Crippen LogP contribution in [-0.4, -0.2) is 115 Å². The summed E-state index contributed by atoms with van der Waals surface area (Å²) in [5, 5.41) is 19.3. The first-order chi connectivity index (χ1) is 40.8. The van der Waals surface area contributed by atoms with E-state index in [1.54, 1.807) is 0 Å². The van der Waals surface area contributed by atoms with Crippen LogP contribution in [0.5, 0.6) is 0 Å². The van der Waals surface area contributed by atoms with Gasteiger partial charge >= 0.3 is 24.2 Å². The number of likely N-dealkylation sites (N-methyl/N-ethyl adjacent to an activating group) is 1. The number of carboxylic acids is 2. The molecule has 2 N–H and O–H groups in total. The van der Waals surface area contributed by atoms with Gasteiger partial charge in [-0.1, -0.05) is 220 Å². The first-order valence-corrected chi connectivity index (χ1v) is 35.0. The molecule has 490 valence electrons. The minimum Gasteiger partial charge on any atom is -0.481 e. The van der Waals surface area contributed by atoms with Gasteiger partial charge < -0.3 is 43.7 Å². The molecule has 84 heavy (non-hydrogen) atoms. The van der Waals surface area contributed by atoms with Crippen LogP contribution in [0.2, 0.25) is 0 Å². The third-order valence-electron chi connectivity index (χ3n) is 17.3. The zero-order valence-corrected chi connectivity index (χ0v) is 55.4. The molecule has 0 aliphatic carbocycles. The van der Waals surface area contributed by atoms with E-state index in [4.69, 9.17) is 23.7 Å². The summed E-state index contributed by atoms with van der Waals surface area (Å²) in [6.45, 7) is 22.8. The topological polar surface area (TPSA) is 161 Å². The fourth-order valence-electron chi connectivity index (χ4n) is 12.2. The van der Waals surface area contributed by atoms with Gasteiger partial charge in [0, 0.05) is 32.5 Å². The number of carbonyl (C=O) groups is 4. The van der Waals surface area contributed by atoms with Crippen molar-refractivity contribution < 1.29 is 53.1 Å². The number of nitrogens with zero attached hydrogens (tertiary/aromatic N) is 2. The smallest absolute Gasteiger partial charge is 0.481 e. The van der Waals surface area contributed by atoms with Crippen LogP contribution in [0.4, 0.5) is 9.59 Å². The molecule has 0 fully saturated rings. The van der Waals surface area contributed by atoms with Gasteiger partial charge in [0.15, 0.2) is 0 Å². The van der Waals surface area contributed by atoms with Crippen LogP contribution < -0.4 is 0 Å². The molecule has 1 rings (SSSR count). The van der Waals surface area contributed by atoms with E-state index in [1.165, 1.54) is 31.2 Å². The molecule has 0 aliphatic rings. The highest BCUT2D eigenvalue weighted by atomic mass is 16.7. The number of aliphatic carboxylic acids is 2. The first kappa shape index (κ1) is 78.6. The zero-order chi connectivity index (χ0) is 61.6. The Morgan fingerprint density at radius 2 is 0.786 bits per heavy atom. The lowest BCUT2D eigenvalue weighted by molar-refractivity contribution is -0.138. The van der Waals surface area contributed by atoms with Gasteiger partial charge in [-0.3, -0.25) is 9.59 Å². The lowest BCUT2D eigenvalue weighted by atomic mass is 9.78. The molecule has 0 heterocycles. The quantitative estimate of drug-likeness (QED) is 0.0469. The summed E-state index contributed by atoms with van der Waals surface area (Å²) < 4.78 is 30.8. The maximum atomic E-state index is 13.8. The van der Waals surface area contributed by atoms with Gasteiger partial charge in [0.25, 0.3) is 0 Å². The Bertz CT molecular complexity index is 1590. The molecule has 0 bridgehead atoms. The van der Waals surface area contributed by atoms with E-state index in [-0.39, 0.29) is 26.1 Å². The van der Waals surface area contributed by atoms with Crippen LogP contribution >= 0.6 is 0 Å². The lowest BCUT2D eigenvalue weighted by Gasteiger charge is -2.37. The molecular weight excluding hydrogens is 1060 g/mol. The Morgan fingerprint density at radius 1 is 0.417 bits per heavy atom. The summed E-state index contributed by atoms with van der Waals surface area (Å²) in [6.07, 6.45) is 35.6. The number of unbranched alkanes of at least 4 members (excludes halogenated alkanes) is 17. The molecular formula is C71H130N2O11. The van der Waals surface area contributed by atoms with Gasteiger partial charge in [-0.25, -0.2) is 9.59 Å². The van der Waals surface area contributed by atoms with Gasteiger partial charge in [0.1, 0.15) is 11.2 Å². The van der Waals surface area contributed by atoms with E-state index >= 15 is 0 Å². The molecule has 2 unspecified atom stereocenters. The predicted molar refractivity (Wildman–Crippen MR) is 346 cm³/mol. The van der Waals surface area contributed by atoms with E-state index in [0.29, 0.717) is 57.0 Å². The van der Waals surface area contributed by atoms with Crippen molar-refractivity contribution >= 4 is 24.2 Å². The van der Waals surface area contributed by atoms with Crippen LogP contribution in [-0.2, 0) is 39.9 Å². The summed E-state index contributed by atoms with van der Waals surface area (Å²) in [7, 11) is 0. The minimum atomic E-state index is -0.822. The molecule has 0 amide bonds. The van der Waals surface area contributed by atoms with Crippen molar-refractivity contribution in [1.82, 2.24) is 9.80 Å². The molecule has 0 aromatic heterocycles. The number of rotatable bonds is 61. The van der Waals surface area contributed by atoms with Crippen molar-refractivity contribution in [2.75, 3.05) is 59.1 Å². The normalized spacial score (nSPS) is 13.2. The largest absolute Gasteiger partial charge is 0.508 e. The molecule has 2 atom stereocenters. The van der Waals surface area contributed by atoms with Crippen molar-refractivity contribution in [3.8, 4) is 0 Å². The Balaban J connectivity index is 3.20. The van der Waals surface area contributed by atoms with Crippen LogP contribution in [0.3, 0.4) is 0 Å². The van der Waals surface area contributed by atoms with E-state index in [1.807, 2.05) is 18.2 Å². The third kappa shape index (κ3) is 43.2. The molecule has 13 heteroatoms. The Kier molecular flexibility index (Phi) is 50.3. The Morgan fingerprint density at radius 3 is 1.18 bits per heavy atom. The van der Waals surface area contributed by atoms with Gasteiger partial charge in [-0.15, -0.1) is 0 Å². The second kappa shape index (κ2) is 53.8. The SMILES string of the molecule is CCCCCCC(CCCC(=O)O)(CC(CCCCC)CCCCC)OC(=O)OCCCCN(CCCCOC(=O)OC(CCCCCC)(CCCC(=O)O)CC(CCCCC)CCCCC)CCN(CC)CCCCOCc1ccccc1. The average molecular weight is 1190 g/mol. The molecule has 13 nitrogen and oxygen atoms in total.